The SMILES string of the molecule is NCCOc1ccc(C[C@H](NC(=O)c2ccc(N(Cc3cnc4nc(N)[nH]c(=O)c4n3)C(=O)C(F)(F)F)cc2)C(=O)O)cc1. The van der Waals surface area contributed by atoms with Crippen LogP contribution in [0, 0.1) is 0 Å². The number of nitrogens with zero attached hydrogens (tertiary/aromatic N) is 4. The van der Waals surface area contributed by atoms with E-state index in [4.69, 9.17) is 16.2 Å². The monoisotopic (exact) mass is 614 g/mol. The number of H-pyrrole nitrogens is 1. The normalized spacial score (nSPS) is 12.0. The molecule has 2 amide bonds. The van der Waals surface area contributed by atoms with Gasteiger partial charge in [0.25, 0.3) is 11.5 Å². The molecule has 0 saturated carbocycles. The number of alkyl halides is 3. The molecule has 0 aliphatic carbocycles. The number of carbonyl (C=O) groups is 3. The fourth-order valence-electron chi connectivity index (χ4n) is 4.01. The Morgan fingerprint density at radius 3 is 2.36 bits per heavy atom. The lowest BCUT2D eigenvalue weighted by Crippen LogP contribution is -2.42. The van der Waals surface area contributed by atoms with Crippen molar-refractivity contribution in [3.8, 4) is 5.75 Å². The number of aliphatic carboxylic acids is 1. The van der Waals surface area contributed by atoms with Crippen LogP contribution in [-0.4, -0.2) is 68.2 Å². The fourth-order valence-corrected chi connectivity index (χ4v) is 4.01. The number of rotatable bonds is 11. The van der Waals surface area contributed by atoms with Crippen LogP contribution >= 0.6 is 0 Å². The summed E-state index contributed by atoms with van der Waals surface area (Å²) in [6.07, 6.45) is -4.31. The highest BCUT2D eigenvalue weighted by Crippen LogP contribution is 2.26. The second-order valence-corrected chi connectivity index (χ2v) is 9.27. The number of ether oxygens (including phenoxy) is 1. The number of carboxylic acids is 1. The molecule has 0 unspecified atom stereocenters. The van der Waals surface area contributed by atoms with E-state index in [0.29, 0.717) is 29.4 Å². The Morgan fingerprint density at radius 2 is 1.75 bits per heavy atom. The summed E-state index contributed by atoms with van der Waals surface area (Å²) in [7, 11) is 0. The van der Waals surface area contributed by atoms with Gasteiger partial charge in [-0.3, -0.25) is 24.3 Å². The van der Waals surface area contributed by atoms with Crippen LogP contribution < -0.4 is 32.0 Å². The average Bonchev–Trinajstić information content (AvgIpc) is 2.98. The molecule has 0 spiro atoms. The molecule has 0 bridgehead atoms. The molecule has 0 aliphatic heterocycles. The summed E-state index contributed by atoms with van der Waals surface area (Å²) in [5, 5.41) is 12.0. The predicted octanol–water partition coefficient (Wildman–Crippen LogP) is 1.15. The van der Waals surface area contributed by atoms with Crippen LogP contribution in [0.2, 0.25) is 0 Å². The van der Waals surface area contributed by atoms with E-state index in [1.54, 1.807) is 24.3 Å². The third-order valence-electron chi connectivity index (χ3n) is 6.09. The zero-order chi connectivity index (χ0) is 32.0. The quantitative estimate of drug-likeness (QED) is 0.161. The third kappa shape index (κ3) is 7.62. The van der Waals surface area contributed by atoms with Crippen molar-refractivity contribution in [2.45, 2.75) is 25.2 Å². The summed E-state index contributed by atoms with van der Waals surface area (Å²) < 4.78 is 45.9. The lowest BCUT2D eigenvalue weighted by molar-refractivity contribution is -0.170. The van der Waals surface area contributed by atoms with Gasteiger partial charge in [-0.2, -0.15) is 18.2 Å². The smallest absolute Gasteiger partial charge is 0.471 e. The number of amides is 2. The number of benzene rings is 2. The molecule has 44 heavy (non-hydrogen) atoms. The van der Waals surface area contributed by atoms with Gasteiger partial charge >= 0.3 is 18.1 Å². The zero-order valence-corrected chi connectivity index (χ0v) is 22.7. The number of nitrogen functional groups attached to an aromatic ring is 1. The molecule has 0 fully saturated rings. The number of aromatic nitrogens is 4. The number of nitrogens with two attached hydrogens (primary N) is 2. The van der Waals surface area contributed by atoms with Crippen molar-refractivity contribution in [3.63, 3.8) is 0 Å². The molecule has 4 aromatic rings. The maximum Gasteiger partial charge on any atom is 0.471 e. The first kappa shape index (κ1) is 31.4. The van der Waals surface area contributed by atoms with Crippen LogP contribution in [0.1, 0.15) is 21.6 Å². The van der Waals surface area contributed by atoms with Gasteiger partial charge in [0, 0.05) is 24.2 Å². The van der Waals surface area contributed by atoms with E-state index in [0.717, 1.165) is 30.5 Å². The molecular weight excluding hydrogens is 589 g/mol. The van der Waals surface area contributed by atoms with Crippen LogP contribution in [0.15, 0.2) is 59.5 Å². The van der Waals surface area contributed by atoms with Crippen molar-refractivity contribution in [1.82, 2.24) is 25.3 Å². The van der Waals surface area contributed by atoms with Gasteiger partial charge in [-0.25, -0.2) is 14.8 Å². The van der Waals surface area contributed by atoms with Crippen molar-refractivity contribution in [2.75, 3.05) is 23.8 Å². The Hall–Kier alpha value is -5.58. The van der Waals surface area contributed by atoms with Gasteiger partial charge in [0.05, 0.1) is 18.4 Å². The van der Waals surface area contributed by atoms with Gasteiger partial charge in [0.1, 0.15) is 18.4 Å². The van der Waals surface area contributed by atoms with Crippen molar-refractivity contribution in [2.24, 2.45) is 5.73 Å². The number of hydrogen-bond donors (Lipinski definition) is 5. The van der Waals surface area contributed by atoms with E-state index in [2.05, 4.69) is 25.3 Å². The second kappa shape index (κ2) is 13.2. The Bertz CT molecular complexity index is 1730. The molecule has 2 heterocycles. The van der Waals surface area contributed by atoms with Crippen LogP contribution in [-0.2, 0) is 22.6 Å². The summed E-state index contributed by atoms with van der Waals surface area (Å²) >= 11 is 0. The Kier molecular flexibility index (Phi) is 9.38. The molecule has 14 nitrogen and oxygen atoms in total. The molecule has 1 atom stereocenters. The zero-order valence-electron chi connectivity index (χ0n) is 22.7. The Labute approximate surface area is 245 Å². The standard InChI is InChI=1S/C27H25F3N8O6/c28-27(29,30)25(43)38(13-16-12-33-21-20(34-16)23(40)37-26(32)36-21)17-5-3-15(4-6-17)22(39)35-19(24(41)42)11-14-1-7-18(8-2-14)44-10-9-31/h1-8,12,19H,9-11,13,31H2,(H,35,39)(H,41,42)(H3,32,33,36,37,40)/t19-/m0/s1. The minimum atomic E-state index is -5.28. The van der Waals surface area contributed by atoms with E-state index in [-0.39, 0.29) is 40.5 Å². The molecule has 230 valence electrons. The van der Waals surface area contributed by atoms with Crippen molar-refractivity contribution in [3.05, 3.63) is 81.9 Å². The van der Waals surface area contributed by atoms with Gasteiger partial charge in [0.2, 0.25) is 5.95 Å². The van der Waals surface area contributed by atoms with Crippen LogP contribution in [0.4, 0.5) is 24.8 Å². The summed E-state index contributed by atoms with van der Waals surface area (Å²) in [5.74, 6) is -4.07. The van der Waals surface area contributed by atoms with E-state index in [1.807, 2.05) is 0 Å². The lowest BCUT2D eigenvalue weighted by Gasteiger charge is -2.24. The van der Waals surface area contributed by atoms with Gasteiger partial charge < -0.3 is 26.6 Å². The number of carboxylic acid groups (broad SMARTS) is 1. The minimum absolute atomic E-state index is 0.0675. The highest BCUT2D eigenvalue weighted by molar-refractivity contribution is 5.99. The van der Waals surface area contributed by atoms with Gasteiger partial charge in [-0.05, 0) is 42.0 Å². The molecule has 0 aliphatic rings. The highest BCUT2D eigenvalue weighted by atomic mass is 19.4. The van der Waals surface area contributed by atoms with E-state index in [1.165, 1.54) is 0 Å². The summed E-state index contributed by atoms with van der Waals surface area (Å²) in [5.41, 5.74) is 9.71. The van der Waals surface area contributed by atoms with Crippen molar-refractivity contribution in [1.29, 1.82) is 0 Å². The van der Waals surface area contributed by atoms with Crippen molar-refractivity contribution >= 4 is 40.6 Å². The molecule has 4 rings (SSSR count). The number of aromatic amines is 1. The molecule has 2 aromatic carbocycles. The molecular formula is C27H25F3N8O6. The second-order valence-electron chi connectivity index (χ2n) is 9.27. The first-order valence-corrected chi connectivity index (χ1v) is 12.8. The van der Waals surface area contributed by atoms with E-state index < -0.39 is 42.1 Å². The number of anilines is 2. The first-order chi connectivity index (χ1) is 20.8. The lowest BCUT2D eigenvalue weighted by atomic mass is 10.0. The van der Waals surface area contributed by atoms with Gasteiger partial charge in [0.15, 0.2) is 11.2 Å². The van der Waals surface area contributed by atoms with Crippen LogP contribution in [0.5, 0.6) is 5.75 Å². The summed E-state index contributed by atoms with van der Waals surface area (Å²) in [6.45, 7) is -0.115. The Morgan fingerprint density at radius 1 is 1.07 bits per heavy atom. The third-order valence-corrected chi connectivity index (χ3v) is 6.09. The Balaban J connectivity index is 1.52. The topological polar surface area (TPSA) is 220 Å². The van der Waals surface area contributed by atoms with Crippen LogP contribution in [0.3, 0.4) is 0 Å². The molecule has 7 N–H and O–H groups in total. The summed E-state index contributed by atoms with van der Waals surface area (Å²) in [4.78, 5) is 63.3. The molecule has 17 heteroatoms. The fraction of sp³-hybridized carbons (Fsp3) is 0.222. The van der Waals surface area contributed by atoms with Gasteiger partial charge in [-0.15, -0.1) is 0 Å². The number of hydrogen-bond acceptors (Lipinski definition) is 10. The highest BCUT2D eigenvalue weighted by Gasteiger charge is 2.43. The molecule has 0 saturated heterocycles. The number of halogens is 3. The van der Waals surface area contributed by atoms with Gasteiger partial charge in [-0.1, -0.05) is 12.1 Å². The minimum Gasteiger partial charge on any atom is -0.492 e. The van der Waals surface area contributed by atoms with E-state index in [9.17, 15) is 37.5 Å². The average molecular weight is 615 g/mol. The predicted molar refractivity (Wildman–Crippen MR) is 150 cm³/mol. The largest absolute Gasteiger partial charge is 0.492 e. The molecule has 0 radical (unpaired) electrons. The van der Waals surface area contributed by atoms with E-state index >= 15 is 0 Å². The number of fused-ring (bicyclic) bond motifs is 1. The maximum atomic E-state index is 13.5. The maximum absolute atomic E-state index is 13.5. The van der Waals surface area contributed by atoms with Crippen LogP contribution in [0.25, 0.3) is 11.2 Å². The number of carbonyl (C=O) groups excluding carboxylic acids is 2. The first-order valence-electron chi connectivity index (χ1n) is 12.8. The molecule has 2 aromatic heterocycles. The van der Waals surface area contributed by atoms with Crippen molar-refractivity contribution < 1.29 is 37.4 Å². The summed E-state index contributed by atoms with van der Waals surface area (Å²) in [6, 6.07) is 9.63. The number of nitrogens with one attached hydrogen (secondary N) is 2.